The van der Waals surface area contributed by atoms with Crippen molar-refractivity contribution in [3.63, 3.8) is 0 Å². The van der Waals surface area contributed by atoms with Gasteiger partial charge in [-0.3, -0.25) is 29.1 Å². The van der Waals surface area contributed by atoms with E-state index in [0.717, 1.165) is 23.0 Å². The van der Waals surface area contributed by atoms with E-state index in [1.165, 1.54) is 31.5 Å². The first-order chi connectivity index (χ1) is 14.3. The van der Waals surface area contributed by atoms with Crippen LogP contribution in [0.15, 0.2) is 53.6 Å². The molecule has 2 aromatic carbocycles. The molecule has 0 radical (unpaired) electrons. The molecule has 0 saturated heterocycles. The molecule has 1 amide bonds. The number of nitrogens with one attached hydrogen (secondary N) is 1. The monoisotopic (exact) mass is 408 g/mol. The number of hydrogen-bond acceptors (Lipinski definition) is 6. The Hall–Kier alpha value is -3.88. The first kappa shape index (κ1) is 20.8. The van der Waals surface area contributed by atoms with E-state index in [1.54, 1.807) is 12.1 Å². The van der Waals surface area contributed by atoms with Crippen molar-refractivity contribution in [2.75, 3.05) is 6.54 Å². The van der Waals surface area contributed by atoms with Crippen molar-refractivity contribution in [3.8, 4) is 0 Å². The quantitative estimate of drug-likeness (QED) is 0.264. The molecule has 1 heterocycles. The van der Waals surface area contributed by atoms with Gasteiger partial charge in [0.05, 0.1) is 28.7 Å². The van der Waals surface area contributed by atoms with Crippen LogP contribution in [-0.2, 0) is 17.8 Å². The number of ketones is 1. The smallest absolute Gasteiger partial charge is 0.270 e. The number of nitro groups is 1. The standard InChI is InChI=1S/C21H20N4O5/c1-14(26)22-10-2-3-15-4-6-16(7-5-15)20(27)12-24-13-23-19-9-8-17(25(29)30)11-18(19)21(24)28/h4-9,11,13H,2-3,10,12H2,1H3,(H,22,26). The molecule has 0 unspecified atom stereocenters. The highest BCUT2D eigenvalue weighted by molar-refractivity contribution is 5.96. The number of non-ortho nitro benzene ring substituents is 1. The van der Waals surface area contributed by atoms with Gasteiger partial charge in [0.2, 0.25) is 5.91 Å². The Labute approximate surface area is 171 Å². The van der Waals surface area contributed by atoms with E-state index in [2.05, 4.69) is 10.3 Å². The number of aromatic nitrogens is 2. The Morgan fingerprint density at radius 2 is 1.90 bits per heavy atom. The molecular formula is C21H20N4O5. The third kappa shape index (κ3) is 4.93. The maximum atomic E-state index is 12.6. The molecule has 0 aliphatic carbocycles. The summed E-state index contributed by atoms with van der Waals surface area (Å²) in [6.07, 6.45) is 2.82. The Balaban J connectivity index is 1.71. The minimum atomic E-state index is -0.584. The third-order valence-corrected chi connectivity index (χ3v) is 4.62. The first-order valence-corrected chi connectivity index (χ1v) is 9.35. The van der Waals surface area contributed by atoms with Gasteiger partial charge in [0.15, 0.2) is 5.78 Å². The van der Waals surface area contributed by atoms with E-state index >= 15 is 0 Å². The van der Waals surface area contributed by atoms with Crippen molar-refractivity contribution in [3.05, 3.63) is 80.4 Å². The largest absolute Gasteiger partial charge is 0.356 e. The van der Waals surface area contributed by atoms with E-state index in [0.29, 0.717) is 17.6 Å². The fourth-order valence-electron chi connectivity index (χ4n) is 3.03. The zero-order chi connectivity index (χ0) is 21.7. The molecule has 0 fully saturated rings. The van der Waals surface area contributed by atoms with Gasteiger partial charge in [-0.25, -0.2) is 4.98 Å². The first-order valence-electron chi connectivity index (χ1n) is 9.35. The molecule has 3 aromatic rings. The Kier molecular flexibility index (Phi) is 6.31. The van der Waals surface area contributed by atoms with Crippen LogP contribution in [0.25, 0.3) is 10.9 Å². The maximum absolute atomic E-state index is 12.6. The van der Waals surface area contributed by atoms with Crippen LogP contribution in [0.1, 0.15) is 29.3 Å². The Morgan fingerprint density at radius 3 is 2.57 bits per heavy atom. The second kappa shape index (κ2) is 9.08. The highest BCUT2D eigenvalue weighted by atomic mass is 16.6. The van der Waals surface area contributed by atoms with Gasteiger partial charge in [-0.1, -0.05) is 24.3 Å². The number of hydrogen-bond donors (Lipinski definition) is 1. The molecule has 154 valence electrons. The number of aryl methyl sites for hydroxylation is 1. The summed E-state index contributed by atoms with van der Waals surface area (Å²) in [4.78, 5) is 50.6. The number of nitrogens with zero attached hydrogens (tertiary/aromatic N) is 3. The van der Waals surface area contributed by atoms with E-state index in [1.807, 2.05) is 12.1 Å². The number of carbonyl (C=O) groups excluding carboxylic acids is 2. The van der Waals surface area contributed by atoms with E-state index in [4.69, 9.17) is 0 Å². The number of Topliss-reactive ketones (excluding diaryl/α,β-unsaturated/α-hetero) is 1. The molecule has 0 bridgehead atoms. The van der Waals surface area contributed by atoms with Crippen LogP contribution in [0.2, 0.25) is 0 Å². The van der Waals surface area contributed by atoms with Crippen LogP contribution in [0.3, 0.4) is 0 Å². The number of carbonyl (C=O) groups is 2. The highest BCUT2D eigenvalue weighted by Crippen LogP contribution is 2.16. The van der Waals surface area contributed by atoms with Crippen molar-refractivity contribution in [2.45, 2.75) is 26.3 Å². The number of amides is 1. The van der Waals surface area contributed by atoms with E-state index in [9.17, 15) is 24.5 Å². The zero-order valence-corrected chi connectivity index (χ0v) is 16.3. The molecule has 9 heteroatoms. The fourth-order valence-corrected chi connectivity index (χ4v) is 3.03. The van der Waals surface area contributed by atoms with Crippen LogP contribution in [0.4, 0.5) is 5.69 Å². The summed E-state index contributed by atoms with van der Waals surface area (Å²) in [6.45, 7) is 1.84. The van der Waals surface area contributed by atoms with Crippen molar-refractivity contribution < 1.29 is 14.5 Å². The lowest BCUT2D eigenvalue weighted by Gasteiger charge is -2.07. The molecule has 0 atom stereocenters. The van der Waals surface area contributed by atoms with Gasteiger partial charge in [0.1, 0.15) is 0 Å². The van der Waals surface area contributed by atoms with Crippen LogP contribution in [0, 0.1) is 10.1 Å². The molecule has 0 spiro atoms. The lowest BCUT2D eigenvalue weighted by molar-refractivity contribution is -0.384. The molecule has 9 nitrogen and oxygen atoms in total. The van der Waals surface area contributed by atoms with Crippen LogP contribution in [-0.4, -0.2) is 32.7 Å². The summed E-state index contributed by atoms with van der Waals surface area (Å²) in [6, 6.07) is 10.9. The summed E-state index contributed by atoms with van der Waals surface area (Å²) >= 11 is 0. The molecule has 0 aliphatic heterocycles. The molecule has 3 rings (SSSR count). The summed E-state index contributed by atoms with van der Waals surface area (Å²) in [5.74, 6) is -0.336. The molecular weight excluding hydrogens is 388 g/mol. The lowest BCUT2D eigenvalue weighted by atomic mass is 10.0. The third-order valence-electron chi connectivity index (χ3n) is 4.62. The lowest BCUT2D eigenvalue weighted by Crippen LogP contribution is -2.24. The number of benzene rings is 2. The van der Waals surface area contributed by atoms with Gasteiger partial charge >= 0.3 is 0 Å². The Morgan fingerprint density at radius 1 is 1.17 bits per heavy atom. The van der Waals surface area contributed by atoms with Gasteiger partial charge in [0.25, 0.3) is 11.2 Å². The summed E-state index contributed by atoms with van der Waals surface area (Å²) in [5.41, 5.74) is 1.10. The van der Waals surface area contributed by atoms with Crippen LogP contribution in [0.5, 0.6) is 0 Å². The van der Waals surface area contributed by atoms with Crippen molar-refractivity contribution in [1.82, 2.24) is 14.9 Å². The van der Waals surface area contributed by atoms with Crippen molar-refractivity contribution >= 4 is 28.3 Å². The zero-order valence-electron chi connectivity index (χ0n) is 16.3. The Bertz CT molecular complexity index is 1170. The minimum Gasteiger partial charge on any atom is -0.356 e. The SMILES string of the molecule is CC(=O)NCCCc1ccc(C(=O)Cn2cnc3ccc([N+](=O)[O-])cc3c2=O)cc1. The number of nitro benzene ring substituents is 1. The van der Waals surface area contributed by atoms with Gasteiger partial charge in [0, 0.05) is 31.2 Å². The minimum absolute atomic E-state index is 0.0658. The second-order valence-electron chi connectivity index (χ2n) is 6.84. The summed E-state index contributed by atoms with van der Waals surface area (Å²) < 4.78 is 1.15. The summed E-state index contributed by atoms with van der Waals surface area (Å²) in [5, 5.41) is 13.8. The van der Waals surface area contributed by atoms with Gasteiger partial charge in [-0.15, -0.1) is 0 Å². The van der Waals surface area contributed by atoms with Gasteiger partial charge in [-0.05, 0) is 24.5 Å². The predicted molar refractivity (Wildman–Crippen MR) is 110 cm³/mol. The normalized spacial score (nSPS) is 10.7. The molecule has 1 aromatic heterocycles. The fraction of sp³-hybridized carbons (Fsp3) is 0.238. The molecule has 1 N–H and O–H groups in total. The molecule has 0 saturated carbocycles. The van der Waals surface area contributed by atoms with Crippen molar-refractivity contribution in [1.29, 1.82) is 0 Å². The van der Waals surface area contributed by atoms with Crippen LogP contribution >= 0.6 is 0 Å². The average Bonchev–Trinajstić information content (AvgIpc) is 2.73. The predicted octanol–water partition coefficient (Wildman–Crippen LogP) is 2.26. The maximum Gasteiger partial charge on any atom is 0.270 e. The van der Waals surface area contributed by atoms with Gasteiger partial charge < -0.3 is 5.32 Å². The molecule has 0 aliphatic rings. The van der Waals surface area contributed by atoms with Gasteiger partial charge in [-0.2, -0.15) is 0 Å². The average molecular weight is 408 g/mol. The summed E-state index contributed by atoms with van der Waals surface area (Å²) in [7, 11) is 0. The topological polar surface area (TPSA) is 124 Å². The molecule has 30 heavy (non-hydrogen) atoms. The second-order valence-corrected chi connectivity index (χ2v) is 6.84. The number of rotatable bonds is 8. The number of fused-ring (bicyclic) bond motifs is 1. The highest BCUT2D eigenvalue weighted by Gasteiger charge is 2.13. The van der Waals surface area contributed by atoms with E-state index in [-0.39, 0.29) is 29.3 Å². The van der Waals surface area contributed by atoms with Crippen molar-refractivity contribution in [2.24, 2.45) is 0 Å². The van der Waals surface area contributed by atoms with E-state index < -0.39 is 10.5 Å². The van der Waals surface area contributed by atoms with Crippen LogP contribution < -0.4 is 10.9 Å².